The molecule has 1 saturated carbocycles. The van der Waals surface area contributed by atoms with E-state index in [9.17, 15) is 0 Å². The van der Waals surface area contributed by atoms with Gasteiger partial charge >= 0.3 is 0 Å². The molecular formula is C17H26N2O. The second-order valence-corrected chi connectivity index (χ2v) is 6.25. The van der Waals surface area contributed by atoms with Gasteiger partial charge in [-0.2, -0.15) is 0 Å². The summed E-state index contributed by atoms with van der Waals surface area (Å²) in [6.07, 6.45) is 6.82. The van der Waals surface area contributed by atoms with Crippen LogP contribution in [0.4, 0.5) is 5.69 Å². The van der Waals surface area contributed by atoms with Gasteiger partial charge in [0, 0.05) is 43.5 Å². The predicted molar refractivity (Wildman–Crippen MR) is 83.2 cm³/mol. The van der Waals surface area contributed by atoms with Crippen LogP contribution in [0.3, 0.4) is 0 Å². The van der Waals surface area contributed by atoms with E-state index in [1.165, 1.54) is 43.4 Å². The van der Waals surface area contributed by atoms with Crippen LogP contribution in [0.25, 0.3) is 0 Å². The maximum atomic E-state index is 5.35. The highest BCUT2D eigenvalue weighted by Crippen LogP contribution is 2.33. The zero-order valence-corrected chi connectivity index (χ0v) is 12.5. The van der Waals surface area contributed by atoms with E-state index >= 15 is 0 Å². The molecule has 1 heterocycles. The van der Waals surface area contributed by atoms with Gasteiger partial charge in [0.05, 0.1) is 6.61 Å². The zero-order chi connectivity index (χ0) is 13.8. The van der Waals surface area contributed by atoms with Crippen LogP contribution >= 0.6 is 0 Å². The number of nitrogens with zero attached hydrogens (tertiary/aromatic N) is 1. The third-order valence-electron chi connectivity index (χ3n) is 4.82. The number of anilines is 1. The first-order chi connectivity index (χ1) is 9.83. The van der Waals surface area contributed by atoms with E-state index in [0.29, 0.717) is 12.1 Å². The molecule has 3 rings (SSSR count). The summed E-state index contributed by atoms with van der Waals surface area (Å²) >= 11 is 0. The minimum Gasteiger partial charge on any atom is -0.380 e. The lowest BCUT2D eigenvalue weighted by atomic mass is 9.80. The van der Waals surface area contributed by atoms with Gasteiger partial charge in [-0.25, -0.2) is 0 Å². The van der Waals surface area contributed by atoms with Gasteiger partial charge in [0.25, 0.3) is 0 Å². The first-order valence-electron chi connectivity index (χ1n) is 7.90. The second kappa shape index (κ2) is 6.15. The molecule has 1 N–H and O–H groups in total. The highest BCUT2D eigenvalue weighted by molar-refractivity contribution is 5.54. The summed E-state index contributed by atoms with van der Waals surface area (Å²) in [6.45, 7) is 4.05. The summed E-state index contributed by atoms with van der Waals surface area (Å²) in [6, 6.07) is 8.69. The Labute approximate surface area is 122 Å². The average molecular weight is 274 g/mol. The number of ether oxygens (including phenoxy) is 1. The Kier molecular flexibility index (Phi) is 4.27. The number of benzene rings is 1. The number of rotatable bonds is 3. The Hall–Kier alpha value is -1.06. The van der Waals surface area contributed by atoms with E-state index in [0.717, 1.165) is 19.6 Å². The summed E-state index contributed by atoms with van der Waals surface area (Å²) in [5, 5.41) is 3.81. The molecule has 0 unspecified atom stereocenters. The normalized spacial score (nSPS) is 22.1. The standard InChI is InChI=1S/C17H26N2O/c1-20-13-15-7-3-4-8-16(15)19-12-11-18-17(14-19)9-5-2-6-10-17/h3-4,7-8,18H,2,5-6,9-14H2,1H3. The van der Waals surface area contributed by atoms with Crippen LogP contribution in [-0.4, -0.2) is 32.3 Å². The Morgan fingerprint density at radius 3 is 2.80 bits per heavy atom. The molecule has 1 saturated heterocycles. The molecule has 0 radical (unpaired) electrons. The van der Waals surface area contributed by atoms with E-state index in [4.69, 9.17) is 4.74 Å². The van der Waals surface area contributed by atoms with Crippen LogP contribution in [0, 0.1) is 0 Å². The SMILES string of the molecule is COCc1ccccc1N1CCNC2(CCCCC2)C1. The van der Waals surface area contributed by atoms with Crippen molar-refractivity contribution >= 4 is 5.69 Å². The van der Waals surface area contributed by atoms with E-state index in [1.807, 2.05) is 0 Å². The lowest BCUT2D eigenvalue weighted by Gasteiger charge is -2.47. The fourth-order valence-corrected chi connectivity index (χ4v) is 3.82. The molecule has 1 aliphatic heterocycles. The van der Waals surface area contributed by atoms with Gasteiger partial charge in [-0.05, 0) is 18.9 Å². The highest BCUT2D eigenvalue weighted by atomic mass is 16.5. The molecule has 0 atom stereocenters. The maximum Gasteiger partial charge on any atom is 0.0733 e. The summed E-state index contributed by atoms with van der Waals surface area (Å²) in [4.78, 5) is 2.57. The molecule has 1 spiro atoms. The van der Waals surface area contributed by atoms with Crippen LogP contribution in [0.15, 0.2) is 24.3 Å². The van der Waals surface area contributed by atoms with E-state index in [-0.39, 0.29) is 0 Å². The summed E-state index contributed by atoms with van der Waals surface area (Å²) in [7, 11) is 1.77. The number of nitrogens with one attached hydrogen (secondary N) is 1. The van der Waals surface area contributed by atoms with Crippen LogP contribution < -0.4 is 10.2 Å². The number of para-hydroxylation sites is 1. The molecule has 1 aliphatic carbocycles. The molecule has 110 valence electrons. The van der Waals surface area contributed by atoms with Crippen LogP contribution in [0.1, 0.15) is 37.7 Å². The Morgan fingerprint density at radius 1 is 1.20 bits per heavy atom. The molecule has 0 aromatic heterocycles. The monoisotopic (exact) mass is 274 g/mol. The lowest BCUT2D eigenvalue weighted by Crippen LogP contribution is -2.61. The van der Waals surface area contributed by atoms with Gasteiger partial charge < -0.3 is 15.0 Å². The van der Waals surface area contributed by atoms with E-state index in [2.05, 4.69) is 34.5 Å². The largest absolute Gasteiger partial charge is 0.380 e. The van der Waals surface area contributed by atoms with Crippen molar-refractivity contribution in [3.63, 3.8) is 0 Å². The Balaban J connectivity index is 1.79. The topological polar surface area (TPSA) is 24.5 Å². The fourth-order valence-electron chi connectivity index (χ4n) is 3.82. The average Bonchev–Trinajstić information content (AvgIpc) is 2.49. The third kappa shape index (κ3) is 2.84. The highest BCUT2D eigenvalue weighted by Gasteiger charge is 2.36. The van der Waals surface area contributed by atoms with E-state index in [1.54, 1.807) is 7.11 Å². The van der Waals surface area contributed by atoms with Crippen LogP contribution in [-0.2, 0) is 11.3 Å². The Bertz CT molecular complexity index is 435. The molecular weight excluding hydrogens is 248 g/mol. The number of hydrogen-bond acceptors (Lipinski definition) is 3. The van der Waals surface area contributed by atoms with Gasteiger partial charge in [-0.15, -0.1) is 0 Å². The van der Waals surface area contributed by atoms with Crippen molar-refractivity contribution in [3.05, 3.63) is 29.8 Å². The van der Waals surface area contributed by atoms with Crippen molar-refractivity contribution < 1.29 is 4.74 Å². The van der Waals surface area contributed by atoms with Gasteiger partial charge in [-0.3, -0.25) is 0 Å². The molecule has 20 heavy (non-hydrogen) atoms. The smallest absolute Gasteiger partial charge is 0.0733 e. The molecule has 2 aliphatic rings. The first kappa shape index (κ1) is 13.9. The number of hydrogen-bond donors (Lipinski definition) is 1. The first-order valence-corrected chi connectivity index (χ1v) is 7.90. The van der Waals surface area contributed by atoms with Crippen molar-refractivity contribution in [1.29, 1.82) is 0 Å². The lowest BCUT2D eigenvalue weighted by molar-refractivity contribution is 0.184. The van der Waals surface area contributed by atoms with E-state index < -0.39 is 0 Å². The van der Waals surface area contributed by atoms with Gasteiger partial charge in [0.15, 0.2) is 0 Å². The van der Waals surface area contributed by atoms with Crippen molar-refractivity contribution in [1.82, 2.24) is 5.32 Å². The van der Waals surface area contributed by atoms with Crippen LogP contribution in [0.5, 0.6) is 0 Å². The quantitative estimate of drug-likeness (QED) is 0.917. The maximum absolute atomic E-state index is 5.35. The van der Waals surface area contributed by atoms with Crippen molar-refractivity contribution in [2.24, 2.45) is 0 Å². The molecule has 1 aromatic rings. The summed E-state index contributed by atoms with van der Waals surface area (Å²) in [5.41, 5.74) is 3.03. The minimum absolute atomic E-state index is 0.358. The molecule has 2 fully saturated rings. The van der Waals surface area contributed by atoms with Crippen LogP contribution in [0.2, 0.25) is 0 Å². The van der Waals surface area contributed by atoms with Gasteiger partial charge in [-0.1, -0.05) is 37.5 Å². The number of methoxy groups -OCH3 is 1. The van der Waals surface area contributed by atoms with Crippen molar-refractivity contribution in [3.8, 4) is 0 Å². The molecule has 1 aromatic carbocycles. The predicted octanol–water partition coefficient (Wildman–Crippen LogP) is 2.95. The molecule has 0 amide bonds. The van der Waals surface area contributed by atoms with Crippen molar-refractivity contribution in [2.45, 2.75) is 44.2 Å². The molecule has 3 heteroatoms. The minimum atomic E-state index is 0.358. The zero-order valence-electron chi connectivity index (χ0n) is 12.5. The van der Waals surface area contributed by atoms with Gasteiger partial charge in [0.2, 0.25) is 0 Å². The molecule has 0 bridgehead atoms. The third-order valence-corrected chi connectivity index (χ3v) is 4.82. The molecule has 3 nitrogen and oxygen atoms in total. The summed E-state index contributed by atoms with van der Waals surface area (Å²) < 4.78 is 5.35. The second-order valence-electron chi connectivity index (χ2n) is 6.25. The fraction of sp³-hybridized carbons (Fsp3) is 0.647. The Morgan fingerprint density at radius 2 is 2.00 bits per heavy atom. The number of piperazine rings is 1. The van der Waals surface area contributed by atoms with Gasteiger partial charge in [0.1, 0.15) is 0 Å². The van der Waals surface area contributed by atoms with Crippen molar-refractivity contribution in [2.75, 3.05) is 31.6 Å². The summed E-state index contributed by atoms with van der Waals surface area (Å²) in [5.74, 6) is 0.